The number of nitrogens with zero attached hydrogens (tertiary/aromatic N) is 2. The van der Waals surface area contributed by atoms with Crippen LogP contribution < -0.4 is 4.90 Å². The summed E-state index contributed by atoms with van der Waals surface area (Å²) in [6.07, 6.45) is 4.98. The van der Waals surface area contributed by atoms with Crippen LogP contribution in [-0.2, 0) is 0 Å². The summed E-state index contributed by atoms with van der Waals surface area (Å²) in [5.41, 5.74) is 0.643. The highest BCUT2D eigenvalue weighted by atomic mass is 16.4. The average molecular weight is 248 g/mol. The highest BCUT2D eigenvalue weighted by Gasteiger charge is 2.23. The topological polar surface area (TPSA) is 53.4 Å². The summed E-state index contributed by atoms with van der Waals surface area (Å²) in [5.74, 6) is -0.0382. The number of pyridine rings is 1. The van der Waals surface area contributed by atoms with Gasteiger partial charge in [-0.1, -0.05) is 13.8 Å². The maximum absolute atomic E-state index is 10.8. The first kappa shape index (κ1) is 12.9. The molecular weight excluding hydrogens is 228 g/mol. The average Bonchev–Trinajstić information content (AvgIpc) is 2.50. The third-order valence-corrected chi connectivity index (χ3v) is 3.66. The molecule has 1 aromatic heterocycles. The van der Waals surface area contributed by atoms with E-state index in [0.717, 1.165) is 31.7 Å². The minimum Gasteiger partial charge on any atom is -0.478 e. The van der Waals surface area contributed by atoms with Crippen molar-refractivity contribution >= 4 is 11.8 Å². The number of aromatic nitrogens is 1. The van der Waals surface area contributed by atoms with Gasteiger partial charge in [-0.2, -0.15) is 0 Å². The van der Waals surface area contributed by atoms with Gasteiger partial charge in [-0.05, 0) is 36.8 Å². The van der Waals surface area contributed by atoms with E-state index in [-0.39, 0.29) is 5.56 Å². The van der Waals surface area contributed by atoms with Crippen LogP contribution in [0.1, 0.15) is 43.5 Å². The molecule has 0 bridgehead atoms. The number of aromatic carboxylic acids is 1. The Bertz CT molecular complexity index is 426. The van der Waals surface area contributed by atoms with Crippen molar-refractivity contribution in [3.05, 3.63) is 23.9 Å². The molecule has 1 N–H and O–H groups in total. The molecule has 1 aromatic rings. The van der Waals surface area contributed by atoms with Gasteiger partial charge >= 0.3 is 5.97 Å². The maximum Gasteiger partial charge on any atom is 0.337 e. The first-order valence-corrected chi connectivity index (χ1v) is 6.42. The minimum atomic E-state index is -0.925. The summed E-state index contributed by atoms with van der Waals surface area (Å²) in [7, 11) is 0. The smallest absolute Gasteiger partial charge is 0.337 e. The largest absolute Gasteiger partial charge is 0.478 e. The molecule has 0 unspecified atom stereocenters. The quantitative estimate of drug-likeness (QED) is 0.874. The molecule has 0 spiro atoms. The normalized spacial score (nSPS) is 19.3. The second kappa shape index (κ2) is 4.96. The number of carboxylic acids is 1. The van der Waals surface area contributed by atoms with Crippen LogP contribution >= 0.6 is 0 Å². The Morgan fingerprint density at radius 3 is 2.72 bits per heavy atom. The lowest BCUT2D eigenvalue weighted by Crippen LogP contribution is -2.25. The van der Waals surface area contributed by atoms with E-state index in [1.165, 1.54) is 12.6 Å². The van der Waals surface area contributed by atoms with Gasteiger partial charge in [-0.15, -0.1) is 0 Å². The molecule has 1 fully saturated rings. The van der Waals surface area contributed by atoms with Gasteiger partial charge in [0.05, 0.1) is 5.56 Å². The van der Waals surface area contributed by atoms with Crippen molar-refractivity contribution in [1.29, 1.82) is 0 Å². The van der Waals surface area contributed by atoms with E-state index in [1.807, 2.05) is 6.07 Å². The van der Waals surface area contributed by atoms with Gasteiger partial charge in [-0.3, -0.25) is 0 Å². The lowest BCUT2D eigenvalue weighted by Gasteiger charge is -2.24. The minimum absolute atomic E-state index is 0.244. The number of hydrogen-bond donors (Lipinski definition) is 1. The summed E-state index contributed by atoms with van der Waals surface area (Å²) >= 11 is 0. The molecule has 0 amide bonds. The van der Waals surface area contributed by atoms with Gasteiger partial charge in [0.1, 0.15) is 5.82 Å². The zero-order valence-corrected chi connectivity index (χ0v) is 11.0. The number of hydrogen-bond acceptors (Lipinski definition) is 3. The maximum atomic E-state index is 10.8. The molecule has 18 heavy (non-hydrogen) atoms. The fraction of sp³-hybridized carbons (Fsp3) is 0.571. The highest BCUT2D eigenvalue weighted by Crippen LogP contribution is 2.31. The van der Waals surface area contributed by atoms with E-state index in [2.05, 4.69) is 23.7 Å². The summed E-state index contributed by atoms with van der Waals surface area (Å²) in [6.45, 7) is 6.60. The van der Waals surface area contributed by atoms with Gasteiger partial charge in [0.25, 0.3) is 0 Å². The van der Waals surface area contributed by atoms with Gasteiger partial charge < -0.3 is 10.0 Å². The van der Waals surface area contributed by atoms with Crippen molar-refractivity contribution in [2.75, 3.05) is 18.0 Å². The Morgan fingerprint density at radius 1 is 1.33 bits per heavy atom. The van der Waals surface area contributed by atoms with Crippen LogP contribution in [0.2, 0.25) is 0 Å². The summed E-state index contributed by atoms with van der Waals surface area (Å²) < 4.78 is 0. The molecule has 0 aromatic carbocycles. The van der Waals surface area contributed by atoms with Crippen LogP contribution in [0.4, 0.5) is 5.82 Å². The van der Waals surface area contributed by atoms with Crippen LogP contribution in [0.15, 0.2) is 18.3 Å². The number of carboxylic acid groups (broad SMARTS) is 1. The van der Waals surface area contributed by atoms with Crippen molar-refractivity contribution < 1.29 is 9.90 Å². The summed E-state index contributed by atoms with van der Waals surface area (Å²) in [6, 6.07) is 3.43. The summed E-state index contributed by atoms with van der Waals surface area (Å²) in [4.78, 5) is 17.3. The molecule has 0 saturated carbocycles. The fourth-order valence-corrected chi connectivity index (χ4v) is 2.35. The Hall–Kier alpha value is -1.58. The van der Waals surface area contributed by atoms with E-state index in [1.54, 1.807) is 6.07 Å². The fourth-order valence-electron chi connectivity index (χ4n) is 2.35. The SMILES string of the molecule is CC1(C)CCCN(c2ccc(C(=O)O)cn2)CC1. The summed E-state index contributed by atoms with van der Waals surface area (Å²) in [5, 5.41) is 8.85. The Morgan fingerprint density at radius 2 is 2.11 bits per heavy atom. The van der Waals surface area contributed by atoms with E-state index in [0.29, 0.717) is 5.41 Å². The molecule has 0 aliphatic carbocycles. The van der Waals surface area contributed by atoms with Crippen molar-refractivity contribution in [3.63, 3.8) is 0 Å². The second-order valence-corrected chi connectivity index (χ2v) is 5.72. The molecule has 0 atom stereocenters. The predicted octanol–water partition coefficient (Wildman–Crippen LogP) is 2.80. The number of rotatable bonds is 2. The Kier molecular flexibility index (Phi) is 3.55. The van der Waals surface area contributed by atoms with Crippen LogP contribution in [0.3, 0.4) is 0 Å². The first-order valence-electron chi connectivity index (χ1n) is 6.42. The van der Waals surface area contributed by atoms with Crippen molar-refractivity contribution in [2.24, 2.45) is 5.41 Å². The molecule has 1 aliphatic heterocycles. The van der Waals surface area contributed by atoms with Gasteiger partial charge in [0.15, 0.2) is 0 Å². The molecule has 4 heteroatoms. The van der Waals surface area contributed by atoms with Crippen molar-refractivity contribution in [3.8, 4) is 0 Å². The lowest BCUT2D eigenvalue weighted by atomic mass is 9.85. The van der Waals surface area contributed by atoms with Crippen molar-refractivity contribution in [1.82, 2.24) is 4.98 Å². The zero-order valence-electron chi connectivity index (χ0n) is 11.0. The Labute approximate surface area is 108 Å². The van der Waals surface area contributed by atoms with Crippen LogP contribution in [0.25, 0.3) is 0 Å². The first-order chi connectivity index (χ1) is 8.48. The molecule has 0 radical (unpaired) electrons. The van der Waals surface area contributed by atoms with Crippen LogP contribution in [0, 0.1) is 5.41 Å². The van der Waals surface area contributed by atoms with Gasteiger partial charge in [0, 0.05) is 19.3 Å². The molecule has 4 nitrogen and oxygen atoms in total. The van der Waals surface area contributed by atoms with E-state index >= 15 is 0 Å². The third-order valence-electron chi connectivity index (χ3n) is 3.66. The van der Waals surface area contributed by atoms with E-state index in [4.69, 9.17) is 5.11 Å². The highest BCUT2D eigenvalue weighted by molar-refractivity contribution is 5.87. The Balaban J connectivity index is 2.09. The zero-order chi connectivity index (χ0) is 13.2. The molecule has 1 saturated heterocycles. The molecular formula is C14H20N2O2. The van der Waals surface area contributed by atoms with Crippen LogP contribution in [-0.4, -0.2) is 29.1 Å². The monoisotopic (exact) mass is 248 g/mol. The number of carbonyl (C=O) groups is 1. The molecule has 2 heterocycles. The van der Waals surface area contributed by atoms with Gasteiger partial charge in [-0.25, -0.2) is 9.78 Å². The van der Waals surface area contributed by atoms with E-state index < -0.39 is 5.97 Å². The number of anilines is 1. The lowest BCUT2D eigenvalue weighted by molar-refractivity contribution is 0.0696. The van der Waals surface area contributed by atoms with Crippen molar-refractivity contribution in [2.45, 2.75) is 33.1 Å². The molecule has 98 valence electrons. The van der Waals surface area contributed by atoms with E-state index in [9.17, 15) is 4.79 Å². The molecule has 1 aliphatic rings. The second-order valence-electron chi connectivity index (χ2n) is 5.72. The third kappa shape index (κ3) is 3.00. The standard InChI is InChI=1S/C14H20N2O2/c1-14(2)6-3-8-16(9-7-14)12-5-4-11(10-15-12)13(17)18/h4-5,10H,3,6-9H2,1-2H3,(H,17,18). The van der Waals surface area contributed by atoms with Crippen LogP contribution in [0.5, 0.6) is 0 Å². The predicted molar refractivity (Wildman–Crippen MR) is 71.0 cm³/mol. The van der Waals surface area contributed by atoms with Gasteiger partial charge in [0.2, 0.25) is 0 Å². The molecule has 2 rings (SSSR count).